The van der Waals surface area contributed by atoms with Gasteiger partial charge >= 0.3 is 6.36 Å². The highest BCUT2D eigenvalue weighted by molar-refractivity contribution is 7.92. The molecule has 2 aromatic carbocycles. The lowest BCUT2D eigenvalue weighted by atomic mass is 10.2. The Kier molecular flexibility index (Phi) is 4.47. The van der Waals surface area contributed by atoms with Crippen molar-refractivity contribution < 1.29 is 26.3 Å². The van der Waals surface area contributed by atoms with Gasteiger partial charge in [0.1, 0.15) is 5.75 Å². The maximum Gasteiger partial charge on any atom is 0.573 e. The van der Waals surface area contributed by atoms with Gasteiger partial charge in [0, 0.05) is 0 Å². The van der Waals surface area contributed by atoms with E-state index in [4.69, 9.17) is 5.26 Å². The molecule has 120 valence electrons. The molecule has 0 atom stereocenters. The second-order valence-electron chi connectivity index (χ2n) is 4.32. The van der Waals surface area contributed by atoms with Gasteiger partial charge in [-0.15, -0.1) is 13.2 Å². The molecule has 0 spiro atoms. The van der Waals surface area contributed by atoms with Crippen molar-refractivity contribution in [2.45, 2.75) is 11.3 Å². The largest absolute Gasteiger partial charge is 0.573 e. The number of sulfonamides is 1. The molecule has 0 aliphatic rings. The van der Waals surface area contributed by atoms with Crippen molar-refractivity contribution >= 4 is 15.7 Å². The van der Waals surface area contributed by atoms with Gasteiger partial charge in [0.15, 0.2) is 0 Å². The number of hydrogen-bond acceptors (Lipinski definition) is 4. The molecule has 0 fully saturated rings. The van der Waals surface area contributed by atoms with Crippen molar-refractivity contribution in [3.63, 3.8) is 0 Å². The van der Waals surface area contributed by atoms with Crippen LogP contribution in [0.2, 0.25) is 0 Å². The van der Waals surface area contributed by atoms with Crippen LogP contribution in [-0.2, 0) is 10.0 Å². The number of hydrogen-bond donors (Lipinski definition) is 1. The molecule has 0 aromatic heterocycles. The van der Waals surface area contributed by atoms with Crippen molar-refractivity contribution in [1.29, 1.82) is 5.26 Å². The Hall–Kier alpha value is -2.73. The van der Waals surface area contributed by atoms with Crippen LogP contribution < -0.4 is 9.46 Å². The monoisotopic (exact) mass is 342 g/mol. The molecule has 23 heavy (non-hydrogen) atoms. The number of alkyl halides is 3. The van der Waals surface area contributed by atoms with Crippen molar-refractivity contribution in [3.8, 4) is 11.8 Å². The molecular weight excluding hydrogens is 333 g/mol. The minimum absolute atomic E-state index is 0.166. The third-order valence-corrected chi connectivity index (χ3v) is 4.01. The predicted octanol–water partition coefficient (Wildman–Crippen LogP) is 3.26. The smallest absolute Gasteiger partial charge is 0.406 e. The molecule has 0 amide bonds. The van der Waals surface area contributed by atoms with Crippen LogP contribution in [0.15, 0.2) is 53.4 Å². The van der Waals surface area contributed by atoms with E-state index in [0.29, 0.717) is 0 Å². The van der Waals surface area contributed by atoms with Crippen LogP contribution in [0.5, 0.6) is 5.75 Å². The van der Waals surface area contributed by atoms with Gasteiger partial charge < -0.3 is 4.74 Å². The van der Waals surface area contributed by atoms with E-state index in [9.17, 15) is 21.6 Å². The van der Waals surface area contributed by atoms with Crippen LogP contribution in [0.4, 0.5) is 18.9 Å². The van der Waals surface area contributed by atoms with Crippen LogP contribution >= 0.6 is 0 Å². The zero-order chi connectivity index (χ0) is 17.1. The topological polar surface area (TPSA) is 79.2 Å². The number of halogens is 3. The van der Waals surface area contributed by atoms with E-state index in [1.807, 2.05) is 6.07 Å². The lowest BCUT2D eigenvalue weighted by Gasteiger charge is -2.11. The van der Waals surface area contributed by atoms with Crippen molar-refractivity contribution in [3.05, 3.63) is 54.1 Å². The quantitative estimate of drug-likeness (QED) is 0.925. The van der Waals surface area contributed by atoms with Gasteiger partial charge in [0.05, 0.1) is 22.2 Å². The summed E-state index contributed by atoms with van der Waals surface area (Å²) in [6.45, 7) is 0. The number of benzene rings is 2. The molecule has 5 nitrogen and oxygen atoms in total. The molecule has 0 aliphatic carbocycles. The average molecular weight is 342 g/mol. The van der Waals surface area contributed by atoms with Gasteiger partial charge in [-0.25, -0.2) is 8.42 Å². The average Bonchev–Trinajstić information content (AvgIpc) is 2.46. The molecule has 0 saturated heterocycles. The second kappa shape index (κ2) is 6.18. The molecule has 0 unspecified atom stereocenters. The third-order valence-electron chi connectivity index (χ3n) is 2.61. The Morgan fingerprint density at radius 2 is 1.74 bits per heavy atom. The van der Waals surface area contributed by atoms with E-state index in [1.54, 1.807) is 0 Å². The van der Waals surface area contributed by atoms with Crippen LogP contribution in [0.25, 0.3) is 0 Å². The first-order valence-corrected chi connectivity index (χ1v) is 7.57. The summed E-state index contributed by atoms with van der Waals surface area (Å²) >= 11 is 0. The Morgan fingerprint density at radius 3 is 2.30 bits per heavy atom. The van der Waals surface area contributed by atoms with E-state index in [2.05, 4.69) is 9.46 Å². The van der Waals surface area contributed by atoms with Crippen LogP contribution in [0.3, 0.4) is 0 Å². The predicted molar refractivity (Wildman–Crippen MR) is 75.1 cm³/mol. The van der Waals surface area contributed by atoms with Gasteiger partial charge in [-0.2, -0.15) is 5.26 Å². The summed E-state index contributed by atoms with van der Waals surface area (Å²) < 4.78 is 66.3. The van der Waals surface area contributed by atoms with Gasteiger partial charge in [0.25, 0.3) is 10.0 Å². The fraction of sp³-hybridized carbons (Fsp3) is 0.0714. The zero-order valence-corrected chi connectivity index (χ0v) is 12.1. The molecule has 9 heteroatoms. The Balaban J connectivity index is 2.21. The fourth-order valence-corrected chi connectivity index (χ4v) is 2.74. The normalized spacial score (nSPS) is 11.6. The van der Waals surface area contributed by atoms with Crippen LogP contribution in [-0.4, -0.2) is 14.8 Å². The summed E-state index contributed by atoms with van der Waals surface area (Å²) in [6.07, 6.45) is -4.85. The number of ether oxygens (including phenoxy) is 1. The SMILES string of the molecule is N#Cc1cccc(NS(=O)(=O)c2ccc(OC(F)(F)F)cc2)c1. The summed E-state index contributed by atoms with van der Waals surface area (Å²) in [5, 5.41) is 8.77. The number of nitrogens with one attached hydrogen (secondary N) is 1. The van der Waals surface area contributed by atoms with Gasteiger partial charge in [-0.3, -0.25) is 4.72 Å². The molecule has 2 rings (SSSR count). The van der Waals surface area contributed by atoms with Gasteiger partial charge in [-0.05, 0) is 42.5 Å². The highest BCUT2D eigenvalue weighted by atomic mass is 32.2. The first-order valence-electron chi connectivity index (χ1n) is 6.08. The fourth-order valence-electron chi connectivity index (χ4n) is 1.69. The lowest BCUT2D eigenvalue weighted by molar-refractivity contribution is -0.274. The summed E-state index contributed by atoms with van der Waals surface area (Å²) in [4.78, 5) is -0.241. The van der Waals surface area contributed by atoms with Crippen LogP contribution in [0, 0.1) is 11.3 Å². The van der Waals surface area contributed by atoms with Crippen molar-refractivity contribution in [2.75, 3.05) is 4.72 Å². The van der Waals surface area contributed by atoms with E-state index >= 15 is 0 Å². The number of anilines is 1. The molecule has 2 aromatic rings. The molecular formula is C14H9F3N2O3S. The summed E-state index contributed by atoms with van der Waals surface area (Å²) in [5.74, 6) is -0.525. The van der Waals surface area contributed by atoms with E-state index in [-0.39, 0.29) is 16.1 Å². The summed E-state index contributed by atoms with van der Waals surface area (Å²) in [7, 11) is -3.99. The molecule has 0 radical (unpaired) electrons. The van der Waals surface area contributed by atoms with Crippen LogP contribution in [0.1, 0.15) is 5.56 Å². The Bertz CT molecular complexity index is 841. The van der Waals surface area contributed by atoms with Crippen molar-refractivity contribution in [1.82, 2.24) is 0 Å². The Labute approximate surface area is 130 Å². The maximum atomic E-state index is 12.1. The van der Waals surface area contributed by atoms with E-state index < -0.39 is 22.1 Å². The van der Waals surface area contributed by atoms with Gasteiger partial charge in [-0.1, -0.05) is 6.07 Å². The summed E-state index contributed by atoms with van der Waals surface area (Å²) in [5.41, 5.74) is 0.429. The zero-order valence-electron chi connectivity index (χ0n) is 11.3. The van der Waals surface area contributed by atoms with E-state index in [0.717, 1.165) is 24.3 Å². The Morgan fingerprint density at radius 1 is 1.09 bits per heavy atom. The first-order chi connectivity index (χ1) is 10.7. The van der Waals surface area contributed by atoms with Gasteiger partial charge in [0.2, 0.25) is 0 Å². The molecule has 0 aliphatic heterocycles. The number of rotatable bonds is 4. The molecule has 1 N–H and O–H groups in total. The molecule has 0 heterocycles. The highest BCUT2D eigenvalue weighted by Crippen LogP contribution is 2.24. The number of nitriles is 1. The summed E-state index contributed by atoms with van der Waals surface area (Å²) in [6, 6.07) is 11.4. The van der Waals surface area contributed by atoms with Crippen molar-refractivity contribution in [2.24, 2.45) is 0 Å². The molecule has 0 saturated carbocycles. The minimum atomic E-state index is -4.85. The van der Waals surface area contributed by atoms with E-state index in [1.165, 1.54) is 24.3 Å². The molecule has 0 bridgehead atoms. The minimum Gasteiger partial charge on any atom is -0.406 e. The maximum absolute atomic E-state index is 12.1. The lowest BCUT2D eigenvalue weighted by Crippen LogP contribution is -2.17. The number of nitrogens with zero attached hydrogens (tertiary/aromatic N) is 1. The standard InChI is InChI=1S/C14H9F3N2O3S/c15-14(16,17)22-12-4-6-13(7-5-12)23(20,21)19-11-3-1-2-10(8-11)9-18/h1-8,19H. The third kappa shape index (κ3) is 4.62. The highest BCUT2D eigenvalue weighted by Gasteiger charge is 2.31. The second-order valence-corrected chi connectivity index (χ2v) is 6.00. The first kappa shape index (κ1) is 16.6.